The van der Waals surface area contributed by atoms with Gasteiger partial charge in [0.1, 0.15) is 0 Å². The van der Waals surface area contributed by atoms with Gasteiger partial charge in [-0.2, -0.15) is 0 Å². The molecule has 0 aliphatic carbocycles. The van der Waals surface area contributed by atoms with E-state index in [1.54, 1.807) is 12.1 Å². The minimum absolute atomic E-state index is 0.146. The van der Waals surface area contributed by atoms with Crippen LogP contribution in [0.4, 0.5) is 17.3 Å². The molecule has 0 aliphatic heterocycles. The lowest BCUT2D eigenvalue weighted by molar-refractivity contribution is 0.102. The van der Waals surface area contributed by atoms with Crippen molar-refractivity contribution in [3.05, 3.63) is 113 Å². The summed E-state index contributed by atoms with van der Waals surface area (Å²) in [5.41, 5.74) is 8.33. The molecule has 0 bridgehead atoms. The first-order chi connectivity index (χ1) is 17.0. The molecule has 1 aromatic heterocycles. The molecule has 0 unspecified atom stereocenters. The maximum Gasteiger partial charge on any atom is 0.255 e. The quantitative estimate of drug-likeness (QED) is 0.292. The number of aromatic nitrogens is 2. The first-order valence-corrected chi connectivity index (χ1v) is 11.6. The largest absolute Gasteiger partial charge is 0.324 e. The standard InChI is InChI=1S/C30H26N4O/c1-19-10-16-26(21(3)17-19)32-29(35)23-11-13-24(14-12-23)31-30-33-27-18-20(2)9-15-25(27)28(34-30)22-7-5-4-6-8-22/h4-18H,1-3H3,(H,32,35)(H,31,33,34). The van der Waals surface area contributed by atoms with E-state index in [2.05, 4.69) is 54.0 Å². The summed E-state index contributed by atoms with van der Waals surface area (Å²) in [6, 6.07) is 29.6. The van der Waals surface area contributed by atoms with Gasteiger partial charge in [0.25, 0.3) is 5.91 Å². The summed E-state index contributed by atoms with van der Waals surface area (Å²) in [7, 11) is 0. The van der Waals surface area contributed by atoms with Crippen molar-refractivity contribution >= 4 is 34.1 Å². The number of fused-ring (bicyclic) bond motifs is 1. The summed E-state index contributed by atoms with van der Waals surface area (Å²) < 4.78 is 0. The van der Waals surface area contributed by atoms with Crippen molar-refractivity contribution in [2.75, 3.05) is 10.6 Å². The van der Waals surface area contributed by atoms with Crippen LogP contribution in [0, 0.1) is 20.8 Å². The first kappa shape index (κ1) is 22.3. The maximum absolute atomic E-state index is 12.7. The summed E-state index contributed by atoms with van der Waals surface area (Å²) in [6.07, 6.45) is 0. The van der Waals surface area contributed by atoms with Gasteiger partial charge in [0.2, 0.25) is 5.95 Å². The molecule has 4 aromatic carbocycles. The monoisotopic (exact) mass is 458 g/mol. The zero-order valence-corrected chi connectivity index (χ0v) is 20.0. The smallest absolute Gasteiger partial charge is 0.255 e. The van der Waals surface area contributed by atoms with Crippen molar-refractivity contribution in [3.8, 4) is 11.3 Å². The highest BCUT2D eigenvalue weighted by molar-refractivity contribution is 6.04. The normalized spacial score (nSPS) is 10.8. The number of nitrogens with zero attached hydrogens (tertiary/aromatic N) is 2. The summed E-state index contributed by atoms with van der Waals surface area (Å²) in [6.45, 7) is 6.08. The van der Waals surface area contributed by atoms with E-state index in [0.29, 0.717) is 11.5 Å². The van der Waals surface area contributed by atoms with Gasteiger partial charge < -0.3 is 10.6 Å². The van der Waals surface area contributed by atoms with Crippen LogP contribution in [0.2, 0.25) is 0 Å². The van der Waals surface area contributed by atoms with E-state index < -0.39 is 0 Å². The summed E-state index contributed by atoms with van der Waals surface area (Å²) in [5, 5.41) is 7.30. The number of amides is 1. The number of nitrogens with one attached hydrogen (secondary N) is 2. The molecule has 0 saturated carbocycles. The van der Waals surface area contributed by atoms with Gasteiger partial charge in [0, 0.05) is 27.9 Å². The van der Waals surface area contributed by atoms with Crippen LogP contribution in [0.1, 0.15) is 27.0 Å². The Balaban J connectivity index is 1.40. The van der Waals surface area contributed by atoms with E-state index in [1.807, 2.05) is 56.3 Å². The molecule has 5 aromatic rings. The Labute approximate surface area is 204 Å². The summed E-state index contributed by atoms with van der Waals surface area (Å²) in [4.78, 5) is 22.3. The lowest BCUT2D eigenvalue weighted by atomic mass is 10.1. The Hall–Kier alpha value is -4.51. The van der Waals surface area contributed by atoms with Crippen LogP contribution in [0.25, 0.3) is 22.2 Å². The molecule has 5 heteroatoms. The average Bonchev–Trinajstić information content (AvgIpc) is 2.86. The van der Waals surface area contributed by atoms with E-state index >= 15 is 0 Å². The number of anilines is 3. The van der Waals surface area contributed by atoms with Crippen molar-refractivity contribution in [1.82, 2.24) is 9.97 Å². The fraction of sp³-hybridized carbons (Fsp3) is 0.100. The molecule has 5 nitrogen and oxygen atoms in total. The Kier molecular flexibility index (Phi) is 5.98. The van der Waals surface area contributed by atoms with Crippen LogP contribution in [-0.4, -0.2) is 15.9 Å². The van der Waals surface area contributed by atoms with Gasteiger partial charge >= 0.3 is 0 Å². The highest BCUT2D eigenvalue weighted by Crippen LogP contribution is 2.29. The first-order valence-electron chi connectivity index (χ1n) is 11.6. The molecule has 0 fully saturated rings. The predicted molar refractivity (Wildman–Crippen MR) is 143 cm³/mol. The minimum atomic E-state index is -0.146. The van der Waals surface area contributed by atoms with E-state index in [4.69, 9.17) is 9.97 Å². The second-order valence-electron chi connectivity index (χ2n) is 8.76. The summed E-state index contributed by atoms with van der Waals surface area (Å²) in [5.74, 6) is 0.363. The predicted octanol–water partition coefficient (Wildman–Crippen LogP) is 7.22. The second kappa shape index (κ2) is 9.39. The maximum atomic E-state index is 12.7. The number of hydrogen-bond acceptors (Lipinski definition) is 4. The SMILES string of the molecule is Cc1ccc(NC(=O)c2ccc(Nc3nc(-c4ccccc4)c4ccc(C)cc4n3)cc2)c(C)c1. The zero-order chi connectivity index (χ0) is 24.4. The van der Waals surface area contributed by atoms with E-state index in [0.717, 1.165) is 50.2 Å². The van der Waals surface area contributed by atoms with Crippen LogP contribution in [0.5, 0.6) is 0 Å². The molecule has 2 N–H and O–H groups in total. The third-order valence-electron chi connectivity index (χ3n) is 5.93. The molecule has 1 amide bonds. The van der Waals surface area contributed by atoms with Gasteiger partial charge in [-0.05, 0) is 68.3 Å². The Bertz CT molecular complexity index is 1530. The third-order valence-corrected chi connectivity index (χ3v) is 5.93. The molecule has 0 aliphatic rings. The van der Waals surface area contributed by atoms with Crippen molar-refractivity contribution in [2.45, 2.75) is 20.8 Å². The molecule has 0 atom stereocenters. The molecule has 35 heavy (non-hydrogen) atoms. The van der Waals surface area contributed by atoms with Crippen LogP contribution in [0.3, 0.4) is 0 Å². The highest BCUT2D eigenvalue weighted by Gasteiger charge is 2.12. The molecule has 0 spiro atoms. The minimum Gasteiger partial charge on any atom is -0.324 e. The fourth-order valence-corrected chi connectivity index (χ4v) is 4.09. The highest BCUT2D eigenvalue weighted by atomic mass is 16.1. The Morgan fingerprint density at radius 2 is 1.46 bits per heavy atom. The van der Waals surface area contributed by atoms with Crippen molar-refractivity contribution < 1.29 is 4.79 Å². The topological polar surface area (TPSA) is 66.9 Å². The number of hydrogen-bond donors (Lipinski definition) is 2. The van der Waals surface area contributed by atoms with E-state index in [9.17, 15) is 4.79 Å². The van der Waals surface area contributed by atoms with Gasteiger partial charge in [-0.3, -0.25) is 4.79 Å². The molecule has 0 saturated heterocycles. The lowest BCUT2D eigenvalue weighted by Gasteiger charge is -2.12. The van der Waals surface area contributed by atoms with Crippen LogP contribution in [0.15, 0.2) is 91.0 Å². The van der Waals surface area contributed by atoms with Crippen LogP contribution < -0.4 is 10.6 Å². The molecule has 5 rings (SSSR count). The molecular weight excluding hydrogens is 432 g/mol. The molecular formula is C30H26N4O. The van der Waals surface area contributed by atoms with Crippen molar-refractivity contribution in [3.63, 3.8) is 0 Å². The van der Waals surface area contributed by atoms with E-state index in [-0.39, 0.29) is 5.91 Å². The van der Waals surface area contributed by atoms with Gasteiger partial charge in [0.15, 0.2) is 0 Å². The van der Waals surface area contributed by atoms with Gasteiger partial charge in [-0.25, -0.2) is 9.97 Å². The van der Waals surface area contributed by atoms with Crippen molar-refractivity contribution in [1.29, 1.82) is 0 Å². The molecule has 1 heterocycles. The third kappa shape index (κ3) is 4.89. The lowest BCUT2D eigenvalue weighted by Crippen LogP contribution is -2.12. The Morgan fingerprint density at radius 3 is 2.20 bits per heavy atom. The number of rotatable bonds is 5. The van der Waals surface area contributed by atoms with Gasteiger partial charge in [-0.15, -0.1) is 0 Å². The second-order valence-corrected chi connectivity index (χ2v) is 8.76. The molecule has 0 radical (unpaired) electrons. The average molecular weight is 459 g/mol. The van der Waals surface area contributed by atoms with Gasteiger partial charge in [0.05, 0.1) is 11.2 Å². The van der Waals surface area contributed by atoms with Crippen LogP contribution >= 0.6 is 0 Å². The number of aryl methyl sites for hydroxylation is 3. The van der Waals surface area contributed by atoms with Gasteiger partial charge in [-0.1, -0.05) is 60.2 Å². The fourth-order valence-electron chi connectivity index (χ4n) is 4.09. The zero-order valence-electron chi connectivity index (χ0n) is 20.0. The van der Waals surface area contributed by atoms with Crippen LogP contribution in [-0.2, 0) is 0 Å². The van der Waals surface area contributed by atoms with Crippen molar-refractivity contribution in [2.24, 2.45) is 0 Å². The summed E-state index contributed by atoms with van der Waals surface area (Å²) >= 11 is 0. The number of carbonyl (C=O) groups excluding carboxylic acids is 1. The Morgan fingerprint density at radius 1 is 0.743 bits per heavy atom. The van der Waals surface area contributed by atoms with E-state index in [1.165, 1.54) is 0 Å². The number of benzene rings is 4. The molecule has 172 valence electrons. The number of carbonyl (C=O) groups is 1.